The van der Waals surface area contributed by atoms with Crippen LogP contribution in [0.2, 0.25) is 0 Å². The normalized spacial score (nSPS) is 10.3. The van der Waals surface area contributed by atoms with E-state index in [2.05, 4.69) is 0 Å². The number of benzene rings is 2. The fourth-order valence-corrected chi connectivity index (χ4v) is 1.89. The Labute approximate surface area is 115 Å². The lowest BCUT2D eigenvalue weighted by Crippen LogP contribution is -1.98. The molecule has 0 unspecified atom stereocenters. The van der Waals surface area contributed by atoms with Gasteiger partial charge in [0.1, 0.15) is 0 Å². The van der Waals surface area contributed by atoms with E-state index in [0.717, 1.165) is 24.3 Å². The Bertz CT molecular complexity index is 815. The van der Waals surface area contributed by atoms with Gasteiger partial charge in [-0.1, -0.05) is 0 Å². The van der Waals surface area contributed by atoms with Crippen molar-refractivity contribution >= 4 is 34.1 Å². The van der Waals surface area contributed by atoms with Gasteiger partial charge < -0.3 is 0 Å². The first-order chi connectivity index (χ1) is 9.85. The number of hydrogen-bond donors (Lipinski definition) is 0. The van der Waals surface area contributed by atoms with Gasteiger partial charge in [-0.05, 0) is 6.07 Å². The molecule has 2 rings (SSSR count). The van der Waals surface area contributed by atoms with E-state index in [9.17, 15) is 35.1 Å². The number of rotatable bonds is 4. The fraction of sp³-hybridized carbons (Fsp3) is 0. The minimum absolute atomic E-state index is 0.0619. The summed E-state index contributed by atoms with van der Waals surface area (Å²) in [6.07, 6.45) is 0.197. The number of nitro groups is 3. The van der Waals surface area contributed by atoms with E-state index >= 15 is 0 Å². The second-order valence-corrected chi connectivity index (χ2v) is 3.99. The van der Waals surface area contributed by atoms with Crippen molar-refractivity contribution in [2.24, 2.45) is 0 Å². The van der Waals surface area contributed by atoms with Gasteiger partial charge in [0.25, 0.3) is 17.1 Å². The summed E-state index contributed by atoms with van der Waals surface area (Å²) in [7, 11) is 0. The fourth-order valence-electron chi connectivity index (χ4n) is 1.89. The average molecular weight is 291 g/mol. The number of carbonyl (C=O) groups is 1. The summed E-state index contributed by atoms with van der Waals surface area (Å²) in [5, 5.41) is 32.4. The van der Waals surface area contributed by atoms with E-state index in [0.29, 0.717) is 0 Å². The van der Waals surface area contributed by atoms with Crippen LogP contribution in [0.5, 0.6) is 0 Å². The number of nitrogens with zero attached hydrogens (tertiary/aromatic N) is 3. The predicted octanol–water partition coefficient (Wildman–Crippen LogP) is 2.38. The monoisotopic (exact) mass is 291 g/mol. The highest BCUT2D eigenvalue weighted by Gasteiger charge is 2.23. The summed E-state index contributed by atoms with van der Waals surface area (Å²) < 4.78 is 0. The van der Waals surface area contributed by atoms with Gasteiger partial charge >= 0.3 is 0 Å². The van der Waals surface area contributed by atoms with Crippen LogP contribution >= 0.6 is 0 Å². The molecule has 10 heteroatoms. The molecule has 0 heterocycles. The zero-order valence-corrected chi connectivity index (χ0v) is 10.1. The van der Waals surface area contributed by atoms with Crippen molar-refractivity contribution in [1.29, 1.82) is 0 Å². The lowest BCUT2D eigenvalue weighted by molar-refractivity contribution is -0.393. The third-order valence-corrected chi connectivity index (χ3v) is 2.79. The maximum atomic E-state index is 11.0. The molecular weight excluding hydrogens is 286 g/mol. The van der Waals surface area contributed by atoms with Crippen LogP contribution in [0.25, 0.3) is 10.8 Å². The second-order valence-electron chi connectivity index (χ2n) is 3.99. The van der Waals surface area contributed by atoms with Gasteiger partial charge in [-0.3, -0.25) is 35.1 Å². The summed E-state index contributed by atoms with van der Waals surface area (Å²) in [6.45, 7) is 0. The molecule has 0 amide bonds. The molecule has 2 aromatic carbocycles. The SMILES string of the molecule is O=Cc1cc2c([N+](=O)[O-])cc([N+](=O)[O-])cc2cc1[N+](=O)[O-]. The van der Waals surface area contributed by atoms with Crippen molar-refractivity contribution in [2.45, 2.75) is 0 Å². The third kappa shape index (κ3) is 2.36. The Balaban J connectivity index is 2.94. The first-order valence-corrected chi connectivity index (χ1v) is 5.35. The largest absolute Gasteiger partial charge is 0.298 e. The highest BCUT2D eigenvalue weighted by atomic mass is 16.6. The van der Waals surface area contributed by atoms with E-state index in [1.54, 1.807) is 0 Å². The van der Waals surface area contributed by atoms with Gasteiger partial charge in [0.15, 0.2) is 6.29 Å². The molecule has 0 spiro atoms. The predicted molar refractivity (Wildman–Crippen MR) is 69.3 cm³/mol. The van der Waals surface area contributed by atoms with E-state index < -0.39 is 31.8 Å². The molecule has 0 saturated carbocycles. The van der Waals surface area contributed by atoms with Crippen molar-refractivity contribution in [2.75, 3.05) is 0 Å². The summed E-state index contributed by atoms with van der Waals surface area (Å²) in [5.41, 5.74) is -2.09. The van der Waals surface area contributed by atoms with Crippen LogP contribution < -0.4 is 0 Å². The van der Waals surface area contributed by atoms with Crippen molar-refractivity contribution in [3.8, 4) is 0 Å². The second kappa shape index (κ2) is 4.92. The number of non-ortho nitro benzene ring substituents is 2. The van der Waals surface area contributed by atoms with Gasteiger partial charge in [-0.15, -0.1) is 0 Å². The minimum Gasteiger partial charge on any atom is -0.298 e. The lowest BCUT2D eigenvalue weighted by Gasteiger charge is -2.02. The highest BCUT2D eigenvalue weighted by Crippen LogP contribution is 2.34. The maximum absolute atomic E-state index is 11.0. The first-order valence-electron chi connectivity index (χ1n) is 5.35. The lowest BCUT2D eigenvalue weighted by atomic mass is 10.0. The number of fused-ring (bicyclic) bond motifs is 1. The Morgan fingerprint density at radius 1 is 0.810 bits per heavy atom. The zero-order chi connectivity index (χ0) is 15.7. The van der Waals surface area contributed by atoms with Gasteiger partial charge in [0, 0.05) is 17.5 Å². The van der Waals surface area contributed by atoms with Crippen LogP contribution in [0.15, 0.2) is 24.3 Å². The Kier molecular flexibility index (Phi) is 3.28. The Morgan fingerprint density at radius 3 is 1.90 bits per heavy atom. The average Bonchev–Trinajstić information content (AvgIpc) is 2.43. The molecule has 0 saturated heterocycles. The van der Waals surface area contributed by atoms with Crippen LogP contribution in [0, 0.1) is 30.3 Å². The van der Waals surface area contributed by atoms with E-state index in [4.69, 9.17) is 0 Å². The minimum atomic E-state index is -0.851. The summed E-state index contributed by atoms with van der Waals surface area (Å²) >= 11 is 0. The molecule has 0 radical (unpaired) electrons. The quantitative estimate of drug-likeness (QED) is 0.477. The van der Waals surface area contributed by atoms with Crippen molar-refractivity contribution in [3.63, 3.8) is 0 Å². The molecule has 0 aliphatic heterocycles. The van der Waals surface area contributed by atoms with E-state index in [-0.39, 0.29) is 22.6 Å². The summed E-state index contributed by atoms with van der Waals surface area (Å²) in [6, 6.07) is 3.59. The smallest absolute Gasteiger partial charge is 0.284 e. The van der Waals surface area contributed by atoms with Crippen molar-refractivity contribution in [1.82, 2.24) is 0 Å². The van der Waals surface area contributed by atoms with Crippen LogP contribution in [-0.4, -0.2) is 21.1 Å². The molecule has 106 valence electrons. The third-order valence-electron chi connectivity index (χ3n) is 2.79. The van der Waals surface area contributed by atoms with Crippen molar-refractivity contribution in [3.05, 3.63) is 60.2 Å². The molecule has 0 fully saturated rings. The van der Waals surface area contributed by atoms with Gasteiger partial charge in [-0.2, -0.15) is 0 Å². The van der Waals surface area contributed by atoms with Crippen LogP contribution in [0.1, 0.15) is 10.4 Å². The van der Waals surface area contributed by atoms with Gasteiger partial charge in [-0.25, -0.2) is 0 Å². The summed E-state index contributed by atoms with van der Waals surface area (Å²) in [4.78, 5) is 40.9. The molecule has 21 heavy (non-hydrogen) atoms. The van der Waals surface area contributed by atoms with Crippen LogP contribution in [0.3, 0.4) is 0 Å². The molecular formula is C11H5N3O7. The van der Waals surface area contributed by atoms with Gasteiger partial charge in [0.05, 0.1) is 31.8 Å². The Morgan fingerprint density at radius 2 is 1.43 bits per heavy atom. The maximum Gasteiger partial charge on any atom is 0.284 e. The standard InChI is InChI=1S/C11H5N3O7/c15-5-7-2-9-6(3-10(7)13(18)19)1-8(12(16)17)4-11(9)14(20)21/h1-5H. The molecule has 0 aromatic heterocycles. The number of hydrogen-bond acceptors (Lipinski definition) is 7. The zero-order valence-electron chi connectivity index (χ0n) is 10.1. The number of carbonyl (C=O) groups excluding carboxylic acids is 1. The van der Waals surface area contributed by atoms with E-state index in [1.807, 2.05) is 0 Å². The molecule has 10 nitrogen and oxygen atoms in total. The first kappa shape index (κ1) is 14.0. The van der Waals surface area contributed by atoms with Crippen LogP contribution in [0.4, 0.5) is 17.1 Å². The molecule has 0 aliphatic rings. The molecule has 0 atom stereocenters. The van der Waals surface area contributed by atoms with Crippen molar-refractivity contribution < 1.29 is 19.6 Å². The summed E-state index contributed by atoms with van der Waals surface area (Å²) in [5.74, 6) is 0. The van der Waals surface area contributed by atoms with E-state index in [1.165, 1.54) is 0 Å². The molecule has 0 N–H and O–H groups in total. The van der Waals surface area contributed by atoms with Crippen LogP contribution in [-0.2, 0) is 0 Å². The Hall–Kier alpha value is -3.43. The number of nitro benzene ring substituents is 3. The molecule has 0 aliphatic carbocycles. The number of aldehydes is 1. The topological polar surface area (TPSA) is 146 Å². The molecule has 2 aromatic rings. The highest BCUT2D eigenvalue weighted by molar-refractivity contribution is 5.99. The van der Waals surface area contributed by atoms with Gasteiger partial charge in [0.2, 0.25) is 0 Å². The molecule has 0 bridgehead atoms.